The van der Waals surface area contributed by atoms with Gasteiger partial charge >= 0.3 is 59.1 Å². The number of unbranched alkanes of at least 4 members (excludes halogenated alkanes) is 9. The van der Waals surface area contributed by atoms with Crippen LogP contribution in [-0.4, -0.2) is 6.61 Å². The number of benzene rings is 1. The minimum absolute atomic E-state index is 0. The molecule has 0 aliphatic heterocycles. The van der Waals surface area contributed by atoms with Crippen molar-refractivity contribution in [3.63, 3.8) is 0 Å². The van der Waals surface area contributed by atoms with Crippen LogP contribution < -0.4 is 68.9 Å². The van der Waals surface area contributed by atoms with Crippen LogP contribution in [0.25, 0.3) is 0 Å². The van der Waals surface area contributed by atoms with Crippen molar-refractivity contribution in [2.45, 2.75) is 70.6 Å². The minimum Gasteiger partial charge on any atom is -0.788 e. The molecule has 0 aliphatic carbocycles. The monoisotopic (exact) mass is 402 g/mol. The maximum absolute atomic E-state index is 10.1. The molecular weight excluding hydrogens is 373 g/mol. The number of hydrogen-bond donors (Lipinski definition) is 0. The van der Waals surface area contributed by atoms with Crippen LogP contribution in [0.5, 0.6) is 0 Å². The van der Waals surface area contributed by atoms with Gasteiger partial charge in [-0.3, -0.25) is 0 Å². The third kappa shape index (κ3) is 20.0. The van der Waals surface area contributed by atoms with E-state index in [0.29, 0.717) is 6.42 Å². The van der Waals surface area contributed by atoms with Crippen LogP contribution in [-0.2, 0) is 20.5 Å². The summed E-state index contributed by atoms with van der Waals surface area (Å²) in [5.74, 6) is 0. The summed E-state index contributed by atoms with van der Waals surface area (Å²) in [4.78, 5) is 24.6. The predicted molar refractivity (Wildman–Crippen MR) is 91.0 cm³/mol. The second kappa shape index (κ2) is 19.6. The van der Waals surface area contributed by atoms with Crippen LogP contribution in [0.15, 0.2) is 30.3 Å². The van der Waals surface area contributed by atoms with Crippen LogP contribution in [0.2, 0.25) is 0 Å². The molecular formula is C18H29Na2O5P. The average molecular weight is 402 g/mol. The van der Waals surface area contributed by atoms with Gasteiger partial charge in [0.25, 0.3) is 0 Å². The largest absolute Gasteiger partial charge is 1.00 e. The molecule has 1 aromatic carbocycles. The Bertz CT molecular complexity index is 456. The Hall–Kier alpha value is 1.29. The molecule has 0 atom stereocenters. The third-order valence-electron chi connectivity index (χ3n) is 3.93. The molecule has 0 fully saturated rings. The van der Waals surface area contributed by atoms with Gasteiger partial charge in [-0.05, 0) is 24.8 Å². The zero-order chi connectivity index (χ0) is 17.5. The molecule has 138 valence electrons. The van der Waals surface area contributed by atoms with E-state index in [1.807, 2.05) is 0 Å². The molecule has 0 saturated carbocycles. The van der Waals surface area contributed by atoms with Gasteiger partial charge in [0.2, 0.25) is 0 Å². The van der Waals surface area contributed by atoms with E-state index in [0.717, 1.165) is 12.8 Å². The van der Waals surface area contributed by atoms with Crippen LogP contribution >= 0.6 is 7.82 Å². The molecule has 0 spiro atoms. The van der Waals surface area contributed by atoms with Crippen molar-refractivity contribution in [1.82, 2.24) is 0 Å². The van der Waals surface area contributed by atoms with E-state index in [1.165, 1.54) is 56.9 Å². The summed E-state index contributed by atoms with van der Waals surface area (Å²) in [6.45, 7) is 0.149. The standard InChI is InChI=1S/C18H31O5P.2Na/c19-24(20,21)23-22-17-13-8-6-4-2-1-3-5-7-10-14-18-15-11-9-12-16-18;;/h9,11-12,15-16H,1-8,10,13-14,17H2,(H2,19,20,21);;/q;2*+1/p-2. The van der Waals surface area contributed by atoms with E-state index in [2.05, 4.69) is 39.9 Å². The molecule has 0 radical (unpaired) electrons. The summed E-state index contributed by atoms with van der Waals surface area (Å²) in [5.41, 5.74) is 1.43. The summed E-state index contributed by atoms with van der Waals surface area (Å²) in [5, 5.41) is 0. The molecule has 26 heavy (non-hydrogen) atoms. The van der Waals surface area contributed by atoms with Gasteiger partial charge in [0.1, 0.15) is 7.82 Å². The van der Waals surface area contributed by atoms with Crippen LogP contribution in [0.3, 0.4) is 0 Å². The van der Waals surface area contributed by atoms with Crippen molar-refractivity contribution >= 4 is 7.82 Å². The van der Waals surface area contributed by atoms with Crippen molar-refractivity contribution in [3.05, 3.63) is 35.9 Å². The normalized spacial score (nSPS) is 10.8. The first kappa shape index (κ1) is 29.5. The van der Waals surface area contributed by atoms with Crippen molar-refractivity contribution in [2.24, 2.45) is 0 Å². The summed E-state index contributed by atoms with van der Waals surface area (Å²) in [6, 6.07) is 10.6. The molecule has 0 heterocycles. The molecule has 0 N–H and O–H groups in total. The maximum Gasteiger partial charge on any atom is 1.00 e. The number of hydrogen-bond acceptors (Lipinski definition) is 5. The van der Waals surface area contributed by atoms with Crippen molar-refractivity contribution in [2.75, 3.05) is 6.61 Å². The van der Waals surface area contributed by atoms with Gasteiger partial charge in [-0.25, -0.2) is 9.56 Å². The zero-order valence-electron chi connectivity index (χ0n) is 16.4. The molecule has 0 aromatic heterocycles. The molecule has 1 rings (SSSR count). The molecule has 0 bridgehead atoms. The summed E-state index contributed by atoms with van der Waals surface area (Å²) in [6.07, 6.45) is 12.8. The summed E-state index contributed by atoms with van der Waals surface area (Å²) in [7, 11) is -4.99. The maximum atomic E-state index is 10.1. The second-order valence-corrected chi connectivity index (χ2v) is 7.16. The van der Waals surface area contributed by atoms with E-state index >= 15 is 0 Å². The molecule has 5 nitrogen and oxygen atoms in total. The molecule has 0 amide bonds. The fourth-order valence-electron chi connectivity index (χ4n) is 2.65. The Morgan fingerprint density at radius 3 is 1.69 bits per heavy atom. The zero-order valence-corrected chi connectivity index (χ0v) is 21.3. The van der Waals surface area contributed by atoms with E-state index in [1.54, 1.807) is 0 Å². The van der Waals surface area contributed by atoms with Gasteiger partial charge in [-0.2, -0.15) is 0 Å². The Balaban J connectivity index is 0. The minimum atomic E-state index is -4.99. The smallest absolute Gasteiger partial charge is 0.788 e. The van der Waals surface area contributed by atoms with Gasteiger partial charge in [0.15, 0.2) is 0 Å². The summed E-state index contributed by atoms with van der Waals surface area (Å²) >= 11 is 0. The Morgan fingerprint density at radius 2 is 1.19 bits per heavy atom. The SMILES string of the molecule is O=P([O-])([O-])OOCCCCCCCCCCCCc1ccccc1.[Na+].[Na+]. The van der Waals surface area contributed by atoms with Crippen LogP contribution in [0.4, 0.5) is 0 Å². The molecule has 8 heteroatoms. The number of phosphoric acid groups is 1. The topological polar surface area (TPSA) is 81.7 Å². The van der Waals surface area contributed by atoms with Gasteiger partial charge in [-0.15, -0.1) is 0 Å². The molecule has 0 aliphatic rings. The van der Waals surface area contributed by atoms with E-state index < -0.39 is 7.82 Å². The Labute approximate surface area is 202 Å². The van der Waals surface area contributed by atoms with Crippen LogP contribution in [0, 0.1) is 0 Å². The first-order chi connectivity index (χ1) is 11.6. The Morgan fingerprint density at radius 1 is 0.731 bits per heavy atom. The van der Waals surface area contributed by atoms with Crippen LogP contribution in [0.1, 0.15) is 69.8 Å². The number of aryl methyl sites for hydroxylation is 1. The molecule has 0 unspecified atom stereocenters. The third-order valence-corrected chi connectivity index (χ3v) is 4.22. The van der Waals surface area contributed by atoms with Crippen molar-refractivity contribution in [1.29, 1.82) is 0 Å². The van der Waals surface area contributed by atoms with Gasteiger partial charge in [0.05, 0.1) is 6.61 Å². The van der Waals surface area contributed by atoms with Gasteiger partial charge in [0, 0.05) is 0 Å². The average Bonchev–Trinajstić information content (AvgIpc) is 2.55. The van der Waals surface area contributed by atoms with E-state index in [9.17, 15) is 14.4 Å². The summed E-state index contributed by atoms with van der Waals surface area (Å²) < 4.78 is 13.8. The fourth-order valence-corrected chi connectivity index (χ4v) is 2.85. The second-order valence-electron chi connectivity index (χ2n) is 6.11. The van der Waals surface area contributed by atoms with Gasteiger partial charge in [-0.1, -0.05) is 81.7 Å². The molecule has 0 saturated heterocycles. The first-order valence-corrected chi connectivity index (χ1v) is 10.4. The van der Waals surface area contributed by atoms with Crippen molar-refractivity contribution in [3.8, 4) is 0 Å². The quantitative estimate of drug-likeness (QED) is 0.111. The first-order valence-electron chi connectivity index (χ1n) is 8.95. The fraction of sp³-hybridized carbons (Fsp3) is 0.667. The van der Waals surface area contributed by atoms with E-state index in [-0.39, 0.29) is 65.7 Å². The Kier molecular flexibility index (Phi) is 22.2. The predicted octanol–water partition coefficient (Wildman–Crippen LogP) is -2.08. The van der Waals surface area contributed by atoms with Crippen molar-refractivity contribution < 1.29 is 83.0 Å². The molecule has 1 aromatic rings. The van der Waals surface area contributed by atoms with E-state index in [4.69, 9.17) is 0 Å². The van der Waals surface area contributed by atoms with Gasteiger partial charge < -0.3 is 14.4 Å². The number of rotatable bonds is 15.